The van der Waals surface area contributed by atoms with E-state index in [9.17, 15) is 4.79 Å². The van der Waals surface area contributed by atoms with Crippen LogP contribution in [0.4, 0.5) is 0 Å². The molecule has 0 saturated carbocycles. The number of oxazole rings is 1. The normalized spacial score (nSPS) is 17.9. The van der Waals surface area contributed by atoms with Crippen LogP contribution in [0.5, 0.6) is 0 Å². The van der Waals surface area contributed by atoms with Gasteiger partial charge < -0.3 is 18.8 Å². The highest BCUT2D eigenvalue weighted by molar-refractivity contribution is 6.31. The molecule has 158 valence electrons. The maximum absolute atomic E-state index is 13.5. The Morgan fingerprint density at radius 1 is 1.33 bits per heavy atom. The fraction of sp³-hybridized carbons (Fsp3) is 0.381. The van der Waals surface area contributed by atoms with Crippen LogP contribution in [0.1, 0.15) is 30.0 Å². The molecule has 0 N–H and O–H groups in total. The monoisotopic (exact) mass is 430 g/mol. The first-order valence-electron chi connectivity index (χ1n) is 9.60. The number of aryl methyl sites for hydroxylation is 1. The smallest absolute Gasteiger partial charge is 0.276 e. The fourth-order valence-corrected chi connectivity index (χ4v) is 3.69. The molecule has 1 aromatic carbocycles. The van der Waals surface area contributed by atoms with Crippen molar-refractivity contribution in [1.82, 2.24) is 19.7 Å². The number of ether oxygens (including phenoxy) is 2. The minimum Gasteiger partial charge on any atom is -0.443 e. The molecule has 1 aliphatic heterocycles. The van der Waals surface area contributed by atoms with E-state index in [1.165, 1.54) is 6.39 Å². The summed E-state index contributed by atoms with van der Waals surface area (Å²) < 4.78 is 18.7. The molecule has 0 aliphatic carbocycles. The highest BCUT2D eigenvalue weighted by atomic mass is 35.5. The molecule has 30 heavy (non-hydrogen) atoms. The first-order valence-corrected chi connectivity index (χ1v) is 9.98. The van der Waals surface area contributed by atoms with Crippen LogP contribution in [-0.2, 0) is 23.1 Å². The van der Waals surface area contributed by atoms with Crippen LogP contribution < -0.4 is 0 Å². The number of hydrogen-bond donors (Lipinski definition) is 0. The molecule has 3 heterocycles. The molecule has 1 amide bonds. The number of nitrogens with zero attached hydrogens (tertiary/aromatic N) is 4. The van der Waals surface area contributed by atoms with Gasteiger partial charge in [0, 0.05) is 18.8 Å². The Labute approximate surface area is 179 Å². The van der Waals surface area contributed by atoms with Crippen LogP contribution in [0, 0.1) is 0 Å². The van der Waals surface area contributed by atoms with Crippen LogP contribution in [0.15, 0.2) is 47.3 Å². The summed E-state index contributed by atoms with van der Waals surface area (Å²) in [6, 6.07) is 9.39. The number of amides is 1. The van der Waals surface area contributed by atoms with Gasteiger partial charge in [0.1, 0.15) is 11.8 Å². The number of benzene rings is 1. The summed E-state index contributed by atoms with van der Waals surface area (Å²) in [5.41, 5.74) is 1.60. The topological polar surface area (TPSA) is 82.6 Å². The molecule has 0 radical (unpaired) electrons. The zero-order valence-corrected chi connectivity index (χ0v) is 17.8. The third-order valence-corrected chi connectivity index (χ3v) is 5.10. The maximum atomic E-state index is 13.5. The molecule has 4 rings (SSSR count). The quantitative estimate of drug-likeness (QED) is 0.595. The first-order chi connectivity index (χ1) is 14.3. The minimum absolute atomic E-state index is 0.208. The van der Waals surface area contributed by atoms with Crippen molar-refractivity contribution in [3.8, 4) is 11.3 Å². The summed E-state index contributed by atoms with van der Waals surface area (Å²) in [7, 11) is 1.78. The number of halogens is 1. The van der Waals surface area contributed by atoms with Gasteiger partial charge in [-0.3, -0.25) is 9.48 Å². The summed E-state index contributed by atoms with van der Waals surface area (Å²) in [4.78, 5) is 19.3. The molecule has 1 aliphatic rings. The molecular formula is C21H23ClN4O4. The van der Waals surface area contributed by atoms with Gasteiger partial charge in [-0.2, -0.15) is 5.10 Å². The third-order valence-electron chi connectivity index (χ3n) is 4.78. The second-order valence-corrected chi connectivity index (χ2v) is 8.04. The minimum atomic E-state index is -0.689. The van der Waals surface area contributed by atoms with Crippen molar-refractivity contribution in [1.29, 1.82) is 0 Å². The van der Waals surface area contributed by atoms with Crippen molar-refractivity contribution < 1.29 is 18.7 Å². The summed E-state index contributed by atoms with van der Waals surface area (Å²) in [5, 5.41) is 4.86. The molecule has 1 fully saturated rings. The predicted molar refractivity (Wildman–Crippen MR) is 110 cm³/mol. The second kappa shape index (κ2) is 8.22. The summed E-state index contributed by atoms with van der Waals surface area (Å²) >= 11 is 6.30. The summed E-state index contributed by atoms with van der Waals surface area (Å²) in [6.07, 6.45) is 2.70. The van der Waals surface area contributed by atoms with Gasteiger partial charge >= 0.3 is 0 Å². The number of rotatable bonds is 6. The molecule has 9 heteroatoms. The molecule has 8 nitrogen and oxygen atoms in total. The molecule has 1 unspecified atom stereocenters. The highest BCUT2D eigenvalue weighted by Crippen LogP contribution is 2.27. The van der Waals surface area contributed by atoms with E-state index >= 15 is 0 Å². The fourth-order valence-electron chi connectivity index (χ4n) is 3.45. The Hall–Kier alpha value is -2.68. The number of carbonyl (C=O) groups excluding carboxylic acids is 1. The molecule has 1 saturated heterocycles. The van der Waals surface area contributed by atoms with E-state index in [2.05, 4.69) is 10.1 Å². The molecule has 3 aromatic rings. The van der Waals surface area contributed by atoms with Gasteiger partial charge in [0.05, 0.1) is 24.7 Å². The van der Waals surface area contributed by atoms with Gasteiger partial charge in [-0.25, -0.2) is 4.98 Å². The van der Waals surface area contributed by atoms with Gasteiger partial charge in [-0.15, -0.1) is 0 Å². The lowest BCUT2D eigenvalue weighted by Crippen LogP contribution is -2.39. The van der Waals surface area contributed by atoms with E-state index in [-0.39, 0.29) is 24.2 Å². The van der Waals surface area contributed by atoms with Crippen molar-refractivity contribution in [3.05, 3.63) is 59.3 Å². The number of carbonyl (C=O) groups is 1. The molecular weight excluding hydrogens is 408 g/mol. The van der Waals surface area contributed by atoms with Gasteiger partial charge in [0.15, 0.2) is 23.6 Å². The largest absolute Gasteiger partial charge is 0.443 e. The Morgan fingerprint density at radius 3 is 2.73 bits per heavy atom. The van der Waals surface area contributed by atoms with Crippen LogP contribution in [0.3, 0.4) is 0 Å². The Balaban J connectivity index is 1.63. The van der Waals surface area contributed by atoms with Gasteiger partial charge in [0.25, 0.3) is 5.91 Å². The maximum Gasteiger partial charge on any atom is 0.276 e. The summed E-state index contributed by atoms with van der Waals surface area (Å²) in [5.74, 6) is -0.565. The van der Waals surface area contributed by atoms with Crippen molar-refractivity contribution in [2.24, 2.45) is 7.05 Å². The van der Waals surface area contributed by atoms with E-state index in [4.69, 9.17) is 25.5 Å². The van der Waals surface area contributed by atoms with E-state index in [0.29, 0.717) is 29.6 Å². The van der Waals surface area contributed by atoms with Gasteiger partial charge in [-0.1, -0.05) is 41.9 Å². The standard InChI is InChI=1S/C21H23ClN4O4/c1-21(2)29-12-15(30-21)9-26(11-17-16(22)10-25(3)24-17)20(27)18-19(28-13-23-18)14-7-5-4-6-8-14/h4-8,10,13,15H,9,11-12H2,1-3H3. The zero-order chi connectivity index (χ0) is 21.3. The highest BCUT2D eigenvalue weighted by Gasteiger charge is 2.36. The van der Waals surface area contributed by atoms with E-state index in [1.807, 2.05) is 44.2 Å². The van der Waals surface area contributed by atoms with Crippen LogP contribution in [0.25, 0.3) is 11.3 Å². The van der Waals surface area contributed by atoms with Crippen molar-refractivity contribution in [2.75, 3.05) is 13.2 Å². The second-order valence-electron chi connectivity index (χ2n) is 7.63. The molecule has 0 spiro atoms. The number of hydrogen-bond acceptors (Lipinski definition) is 6. The SMILES string of the molecule is Cn1cc(Cl)c(CN(CC2COC(C)(C)O2)C(=O)c2ncoc2-c2ccccc2)n1. The zero-order valence-electron chi connectivity index (χ0n) is 17.0. The predicted octanol–water partition coefficient (Wildman–Crippen LogP) is 3.52. The lowest BCUT2D eigenvalue weighted by molar-refractivity contribution is -0.139. The van der Waals surface area contributed by atoms with Crippen molar-refractivity contribution in [2.45, 2.75) is 32.3 Å². The first kappa shape index (κ1) is 20.6. The van der Waals surface area contributed by atoms with Crippen molar-refractivity contribution >= 4 is 17.5 Å². The van der Waals surface area contributed by atoms with Crippen LogP contribution >= 0.6 is 11.6 Å². The molecule has 1 atom stereocenters. The average molecular weight is 431 g/mol. The third kappa shape index (κ3) is 4.40. The van der Waals surface area contributed by atoms with E-state index in [0.717, 1.165) is 5.56 Å². The van der Waals surface area contributed by atoms with E-state index < -0.39 is 5.79 Å². The van der Waals surface area contributed by atoms with Crippen LogP contribution in [0.2, 0.25) is 5.02 Å². The Bertz CT molecular complexity index is 1030. The van der Waals surface area contributed by atoms with Gasteiger partial charge in [0.2, 0.25) is 0 Å². The molecule has 2 aromatic heterocycles. The number of aromatic nitrogens is 3. The lowest BCUT2D eigenvalue weighted by Gasteiger charge is -2.25. The lowest BCUT2D eigenvalue weighted by atomic mass is 10.1. The van der Waals surface area contributed by atoms with Gasteiger partial charge in [-0.05, 0) is 13.8 Å². The average Bonchev–Trinajstić information content (AvgIpc) is 3.40. The summed E-state index contributed by atoms with van der Waals surface area (Å²) in [6.45, 7) is 4.59. The Kier molecular flexibility index (Phi) is 5.64. The molecule has 0 bridgehead atoms. The Morgan fingerprint density at radius 2 is 2.10 bits per heavy atom. The van der Waals surface area contributed by atoms with E-state index in [1.54, 1.807) is 22.8 Å². The van der Waals surface area contributed by atoms with Crippen molar-refractivity contribution in [3.63, 3.8) is 0 Å². The van der Waals surface area contributed by atoms with Crippen LogP contribution in [-0.4, -0.2) is 50.6 Å².